The zero-order chi connectivity index (χ0) is 11.4. The Morgan fingerprint density at radius 3 is 3.00 bits per heavy atom. The zero-order valence-corrected chi connectivity index (χ0v) is 9.53. The molecule has 0 atom stereocenters. The Bertz CT molecular complexity index is 480. The second-order valence-corrected chi connectivity index (χ2v) is 3.92. The third-order valence-corrected chi connectivity index (χ3v) is 2.61. The summed E-state index contributed by atoms with van der Waals surface area (Å²) in [5.74, 6) is 0. The van der Waals surface area contributed by atoms with E-state index < -0.39 is 0 Å². The summed E-state index contributed by atoms with van der Waals surface area (Å²) in [7, 11) is 0. The molecule has 0 saturated carbocycles. The van der Waals surface area contributed by atoms with Gasteiger partial charge >= 0.3 is 0 Å². The molecule has 3 nitrogen and oxygen atoms in total. The topological polar surface area (TPSA) is 50.9 Å². The lowest BCUT2D eigenvalue weighted by Gasteiger charge is -2.08. The predicted octanol–water partition coefficient (Wildman–Crippen LogP) is 3.03. The van der Waals surface area contributed by atoms with Crippen LogP contribution in [0.4, 0.5) is 11.4 Å². The summed E-state index contributed by atoms with van der Waals surface area (Å²) in [6.07, 6.45) is 4.19. The summed E-state index contributed by atoms with van der Waals surface area (Å²) in [6, 6.07) is 7.84. The number of hydrogen-bond acceptors (Lipinski definition) is 3. The second-order valence-electron chi connectivity index (χ2n) is 3.92. The first kappa shape index (κ1) is 10.7. The Hall–Kier alpha value is -1.77. The van der Waals surface area contributed by atoms with E-state index in [2.05, 4.69) is 17.2 Å². The molecule has 0 bridgehead atoms. The molecule has 0 aliphatic rings. The summed E-state index contributed by atoms with van der Waals surface area (Å²) < 4.78 is 0. The Morgan fingerprint density at radius 2 is 2.19 bits per heavy atom. The molecule has 0 fully saturated rings. The molecule has 16 heavy (non-hydrogen) atoms. The maximum absolute atomic E-state index is 5.74. The minimum Gasteiger partial charge on any atom is -0.399 e. The first-order valence-electron chi connectivity index (χ1n) is 5.69. The van der Waals surface area contributed by atoms with Crippen molar-refractivity contribution in [3.63, 3.8) is 0 Å². The van der Waals surface area contributed by atoms with Crippen molar-refractivity contribution in [3.05, 3.63) is 30.5 Å². The Labute approximate surface area is 95.7 Å². The molecule has 2 rings (SSSR count). The first-order valence-corrected chi connectivity index (χ1v) is 5.69. The Balaban J connectivity index is 2.30. The van der Waals surface area contributed by atoms with Crippen LogP contribution in [0.5, 0.6) is 0 Å². The number of benzene rings is 1. The summed E-state index contributed by atoms with van der Waals surface area (Å²) >= 11 is 0. The molecule has 0 aliphatic heterocycles. The average molecular weight is 215 g/mol. The van der Waals surface area contributed by atoms with Crippen LogP contribution in [0.25, 0.3) is 10.9 Å². The average Bonchev–Trinajstić information content (AvgIpc) is 2.29. The van der Waals surface area contributed by atoms with E-state index in [9.17, 15) is 0 Å². The third kappa shape index (κ3) is 2.24. The molecule has 1 aromatic carbocycles. The lowest BCUT2D eigenvalue weighted by atomic mass is 10.1. The van der Waals surface area contributed by atoms with Crippen LogP contribution in [0.2, 0.25) is 0 Å². The number of unbranched alkanes of at least 4 members (excludes halogenated alkanes) is 1. The lowest BCUT2D eigenvalue weighted by molar-refractivity contribution is 0.835. The maximum atomic E-state index is 5.74. The highest BCUT2D eigenvalue weighted by Crippen LogP contribution is 2.23. The highest BCUT2D eigenvalue weighted by molar-refractivity contribution is 5.92. The van der Waals surface area contributed by atoms with Crippen LogP contribution in [-0.4, -0.2) is 11.5 Å². The fourth-order valence-electron chi connectivity index (χ4n) is 1.72. The predicted molar refractivity (Wildman–Crippen MR) is 69.6 cm³/mol. The Kier molecular flexibility index (Phi) is 3.25. The largest absolute Gasteiger partial charge is 0.399 e. The zero-order valence-electron chi connectivity index (χ0n) is 9.53. The molecule has 0 saturated heterocycles. The second kappa shape index (κ2) is 4.84. The van der Waals surface area contributed by atoms with Crippen LogP contribution in [-0.2, 0) is 0 Å². The van der Waals surface area contributed by atoms with Gasteiger partial charge in [-0.2, -0.15) is 0 Å². The van der Waals surface area contributed by atoms with Crippen LogP contribution in [0.1, 0.15) is 19.8 Å². The number of nitrogen functional groups attached to an aromatic ring is 1. The van der Waals surface area contributed by atoms with Gasteiger partial charge in [0.05, 0.1) is 5.52 Å². The van der Waals surface area contributed by atoms with Crippen molar-refractivity contribution in [3.8, 4) is 0 Å². The lowest BCUT2D eigenvalue weighted by Crippen LogP contribution is -2.01. The number of hydrogen-bond donors (Lipinski definition) is 2. The number of fused-ring (bicyclic) bond motifs is 1. The molecular weight excluding hydrogens is 198 g/mol. The van der Waals surface area contributed by atoms with Crippen molar-refractivity contribution >= 4 is 22.3 Å². The van der Waals surface area contributed by atoms with Gasteiger partial charge in [-0.15, -0.1) is 0 Å². The number of nitrogens with two attached hydrogens (primary N) is 1. The van der Waals surface area contributed by atoms with Gasteiger partial charge in [0.15, 0.2) is 0 Å². The molecule has 3 N–H and O–H groups in total. The van der Waals surface area contributed by atoms with Gasteiger partial charge in [0.25, 0.3) is 0 Å². The fourth-order valence-corrected chi connectivity index (χ4v) is 1.72. The smallest absolute Gasteiger partial charge is 0.0743 e. The van der Waals surface area contributed by atoms with E-state index in [0.29, 0.717) is 0 Å². The number of nitrogens with zero attached hydrogens (tertiary/aromatic N) is 1. The minimum atomic E-state index is 0.755. The highest BCUT2D eigenvalue weighted by atomic mass is 14.9. The summed E-state index contributed by atoms with van der Waals surface area (Å²) in [6.45, 7) is 3.19. The normalized spacial score (nSPS) is 10.6. The van der Waals surface area contributed by atoms with Crippen LogP contribution in [0.3, 0.4) is 0 Å². The van der Waals surface area contributed by atoms with E-state index in [1.165, 1.54) is 12.8 Å². The first-order chi connectivity index (χ1) is 7.81. The molecule has 0 radical (unpaired) electrons. The fraction of sp³-hybridized carbons (Fsp3) is 0.308. The van der Waals surface area contributed by atoms with E-state index >= 15 is 0 Å². The summed E-state index contributed by atoms with van der Waals surface area (Å²) in [4.78, 5) is 4.31. The molecule has 0 spiro atoms. The van der Waals surface area contributed by atoms with Gasteiger partial charge in [0.1, 0.15) is 0 Å². The van der Waals surface area contributed by atoms with Crippen molar-refractivity contribution in [1.29, 1.82) is 0 Å². The van der Waals surface area contributed by atoms with E-state index in [4.69, 9.17) is 5.73 Å². The molecule has 1 aromatic heterocycles. The van der Waals surface area contributed by atoms with Gasteiger partial charge in [0.2, 0.25) is 0 Å². The van der Waals surface area contributed by atoms with Crippen molar-refractivity contribution in [2.75, 3.05) is 17.6 Å². The molecule has 0 amide bonds. The molecule has 1 heterocycles. The maximum Gasteiger partial charge on any atom is 0.0743 e. The SMILES string of the molecule is CCCCNc1ccnc2cc(N)ccc12. The minimum absolute atomic E-state index is 0.755. The van der Waals surface area contributed by atoms with Crippen LogP contribution < -0.4 is 11.1 Å². The summed E-state index contributed by atoms with van der Waals surface area (Å²) in [5.41, 5.74) is 8.57. The molecule has 84 valence electrons. The van der Waals surface area contributed by atoms with Gasteiger partial charge in [-0.25, -0.2) is 0 Å². The standard InChI is InChI=1S/C13H17N3/c1-2-3-7-15-12-6-8-16-13-9-10(14)4-5-11(12)13/h4-6,8-9H,2-3,7,14H2,1H3,(H,15,16). The van der Waals surface area contributed by atoms with Crippen LogP contribution in [0.15, 0.2) is 30.5 Å². The van der Waals surface area contributed by atoms with Crippen molar-refractivity contribution in [1.82, 2.24) is 4.98 Å². The Morgan fingerprint density at radius 1 is 1.31 bits per heavy atom. The van der Waals surface area contributed by atoms with Crippen molar-refractivity contribution < 1.29 is 0 Å². The van der Waals surface area contributed by atoms with Crippen molar-refractivity contribution in [2.45, 2.75) is 19.8 Å². The van der Waals surface area contributed by atoms with Gasteiger partial charge in [0, 0.05) is 29.5 Å². The number of pyridine rings is 1. The van der Waals surface area contributed by atoms with Gasteiger partial charge in [-0.3, -0.25) is 4.98 Å². The molecule has 0 unspecified atom stereocenters. The number of anilines is 2. The van der Waals surface area contributed by atoms with Gasteiger partial charge < -0.3 is 11.1 Å². The van der Waals surface area contributed by atoms with E-state index in [0.717, 1.165) is 28.8 Å². The number of nitrogens with one attached hydrogen (secondary N) is 1. The van der Waals surface area contributed by atoms with Gasteiger partial charge in [-0.1, -0.05) is 13.3 Å². The monoisotopic (exact) mass is 215 g/mol. The number of rotatable bonds is 4. The van der Waals surface area contributed by atoms with E-state index in [1.807, 2.05) is 30.5 Å². The van der Waals surface area contributed by atoms with Gasteiger partial charge in [-0.05, 0) is 30.7 Å². The molecule has 0 aliphatic carbocycles. The highest BCUT2D eigenvalue weighted by Gasteiger charge is 2.01. The third-order valence-electron chi connectivity index (χ3n) is 2.61. The van der Waals surface area contributed by atoms with Crippen molar-refractivity contribution in [2.24, 2.45) is 0 Å². The van der Waals surface area contributed by atoms with E-state index in [1.54, 1.807) is 0 Å². The van der Waals surface area contributed by atoms with Crippen LogP contribution >= 0.6 is 0 Å². The summed E-state index contributed by atoms with van der Waals surface area (Å²) in [5, 5.41) is 4.56. The molecular formula is C13H17N3. The molecule has 2 aromatic rings. The van der Waals surface area contributed by atoms with E-state index in [-0.39, 0.29) is 0 Å². The molecule has 3 heteroatoms. The quantitative estimate of drug-likeness (QED) is 0.609. The number of aromatic nitrogens is 1. The van der Waals surface area contributed by atoms with Crippen LogP contribution in [0, 0.1) is 0 Å².